The molecule has 0 spiro atoms. The summed E-state index contributed by atoms with van der Waals surface area (Å²) in [6.45, 7) is 2.37. The van der Waals surface area contributed by atoms with Crippen LogP contribution in [0.1, 0.15) is 29.7 Å². The van der Waals surface area contributed by atoms with Crippen LogP contribution in [-0.2, 0) is 16.0 Å². The van der Waals surface area contributed by atoms with Gasteiger partial charge in [0.1, 0.15) is 17.3 Å². The highest BCUT2D eigenvalue weighted by molar-refractivity contribution is 6.46. The predicted octanol–water partition coefficient (Wildman–Crippen LogP) is 4.94. The van der Waals surface area contributed by atoms with Crippen LogP contribution in [0.25, 0.3) is 5.76 Å². The fourth-order valence-corrected chi connectivity index (χ4v) is 4.15. The average molecular weight is 481 g/mol. The summed E-state index contributed by atoms with van der Waals surface area (Å²) < 4.78 is 18.8. The normalized spacial score (nSPS) is 17.3. The molecule has 1 aromatic heterocycles. The highest BCUT2D eigenvalue weighted by Crippen LogP contribution is 2.40. The lowest BCUT2D eigenvalue weighted by atomic mass is 9.95. The van der Waals surface area contributed by atoms with Crippen LogP contribution in [0.15, 0.2) is 72.6 Å². The van der Waals surface area contributed by atoms with Crippen molar-refractivity contribution in [2.75, 3.05) is 13.2 Å². The van der Waals surface area contributed by atoms with E-state index in [0.717, 1.165) is 5.56 Å². The van der Waals surface area contributed by atoms with E-state index in [9.17, 15) is 19.1 Å². The maximum Gasteiger partial charge on any atom is 0.295 e. The molecule has 6 nitrogen and oxygen atoms in total. The summed E-state index contributed by atoms with van der Waals surface area (Å²) in [7, 11) is 0. The van der Waals surface area contributed by atoms with Crippen LogP contribution >= 0.6 is 11.6 Å². The molecule has 1 amide bonds. The molecule has 34 heavy (non-hydrogen) atoms. The van der Waals surface area contributed by atoms with Gasteiger partial charge in [0.05, 0.1) is 23.2 Å². The molecule has 1 aliphatic rings. The van der Waals surface area contributed by atoms with E-state index in [4.69, 9.17) is 16.3 Å². The third kappa shape index (κ3) is 4.65. The number of aromatic nitrogens is 1. The maximum absolute atomic E-state index is 13.3. The van der Waals surface area contributed by atoms with E-state index < -0.39 is 17.7 Å². The number of likely N-dealkylation sites (tertiary alicyclic amines) is 1. The second-order valence-electron chi connectivity index (χ2n) is 7.73. The first-order valence-corrected chi connectivity index (χ1v) is 11.1. The van der Waals surface area contributed by atoms with Gasteiger partial charge in [0.25, 0.3) is 11.7 Å². The van der Waals surface area contributed by atoms with Gasteiger partial charge < -0.3 is 14.7 Å². The van der Waals surface area contributed by atoms with E-state index in [1.165, 1.54) is 23.1 Å². The molecular weight excluding hydrogens is 459 g/mol. The Hall–Kier alpha value is -3.71. The molecule has 1 aliphatic heterocycles. The van der Waals surface area contributed by atoms with Crippen LogP contribution in [-0.4, -0.2) is 39.8 Å². The number of hydrogen-bond acceptors (Lipinski definition) is 5. The lowest BCUT2D eigenvalue weighted by Gasteiger charge is -2.25. The summed E-state index contributed by atoms with van der Waals surface area (Å²) in [5.41, 5.74) is 1.73. The molecule has 2 heterocycles. The van der Waals surface area contributed by atoms with Crippen molar-refractivity contribution in [3.63, 3.8) is 0 Å². The molecule has 1 N–H and O–H groups in total. The van der Waals surface area contributed by atoms with Crippen LogP contribution in [0.5, 0.6) is 5.75 Å². The fraction of sp³-hybridized carbons (Fsp3) is 0.192. The van der Waals surface area contributed by atoms with Crippen molar-refractivity contribution in [2.24, 2.45) is 0 Å². The number of ketones is 1. The second-order valence-corrected chi connectivity index (χ2v) is 8.13. The summed E-state index contributed by atoms with van der Waals surface area (Å²) in [4.78, 5) is 31.6. The minimum absolute atomic E-state index is 0.0277. The number of carbonyl (C=O) groups excluding carboxylic acids is 2. The van der Waals surface area contributed by atoms with Crippen molar-refractivity contribution in [2.45, 2.75) is 19.4 Å². The number of rotatable bonds is 7. The Balaban J connectivity index is 1.76. The standard InChI is InChI=1S/C26H22ClFN2O4/c1-2-34-21-15-18(5-8-20(21)27)24(31)22-23(17-9-12-29-13-10-17)30(26(33)25(22)32)14-11-16-3-6-19(28)7-4-16/h3-10,12-13,15,23,31H,2,11,14H2,1H3/b24-22-. The van der Waals surface area contributed by atoms with Gasteiger partial charge in [-0.05, 0) is 66.9 Å². The predicted molar refractivity (Wildman–Crippen MR) is 126 cm³/mol. The molecule has 4 rings (SSSR count). The topological polar surface area (TPSA) is 79.7 Å². The number of Topliss-reactive ketones (excluding diaryl/α,β-unsaturated/α-hetero) is 1. The molecule has 3 aromatic rings. The van der Waals surface area contributed by atoms with Crippen LogP contribution in [0.4, 0.5) is 4.39 Å². The van der Waals surface area contributed by atoms with Crippen molar-refractivity contribution in [3.05, 3.63) is 100 Å². The minimum atomic E-state index is -0.810. The Bertz CT molecular complexity index is 1250. The molecule has 8 heteroatoms. The van der Waals surface area contributed by atoms with E-state index in [0.29, 0.717) is 34.9 Å². The molecule has 1 atom stereocenters. The zero-order valence-electron chi connectivity index (χ0n) is 18.4. The van der Waals surface area contributed by atoms with E-state index in [1.807, 2.05) is 0 Å². The molecule has 1 saturated heterocycles. The van der Waals surface area contributed by atoms with E-state index in [1.54, 1.807) is 55.7 Å². The Morgan fingerprint density at radius 3 is 2.50 bits per heavy atom. The molecule has 0 bridgehead atoms. The van der Waals surface area contributed by atoms with Gasteiger partial charge in [0, 0.05) is 24.5 Å². The first-order chi connectivity index (χ1) is 16.4. The van der Waals surface area contributed by atoms with Crippen molar-refractivity contribution in [1.82, 2.24) is 9.88 Å². The third-order valence-corrected chi connectivity index (χ3v) is 5.93. The molecular formula is C26H22ClFN2O4. The summed E-state index contributed by atoms with van der Waals surface area (Å²) >= 11 is 6.17. The molecule has 1 unspecified atom stereocenters. The second kappa shape index (κ2) is 10.1. The summed E-state index contributed by atoms with van der Waals surface area (Å²) in [6, 6.07) is 13.2. The van der Waals surface area contributed by atoms with Gasteiger partial charge in [0.15, 0.2) is 0 Å². The highest BCUT2D eigenvalue weighted by atomic mass is 35.5. The zero-order valence-corrected chi connectivity index (χ0v) is 19.1. The smallest absolute Gasteiger partial charge is 0.295 e. The van der Waals surface area contributed by atoms with Crippen molar-refractivity contribution in [3.8, 4) is 5.75 Å². The highest BCUT2D eigenvalue weighted by Gasteiger charge is 2.45. The first-order valence-electron chi connectivity index (χ1n) is 10.8. The zero-order chi connectivity index (χ0) is 24.2. The fourth-order valence-electron chi connectivity index (χ4n) is 3.98. The maximum atomic E-state index is 13.3. The van der Waals surface area contributed by atoms with Crippen LogP contribution in [0.2, 0.25) is 5.02 Å². The Morgan fingerprint density at radius 2 is 1.82 bits per heavy atom. The van der Waals surface area contributed by atoms with E-state index in [2.05, 4.69) is 4.98 Å². The van der Waals surface area contributed by atoms with Crippen molar-refractivity contribution < 1.29 is 23.8 Å². The van der Waals surface area contributed by atoms with Crippen LogP contribution in [0, 0.1) is 5.82 Å². The number of aliphatic hydroxyl groups excluding tert-OH is 1. The Morgan fingerprint density at radius 1 is 1.12 bits per heavy atom. The van der Waals surface area contributed by atoms with E-state index >= 15 is 0 Å². The number of aliphatic hydroxyl groups is 1. The van der Waals surface area contributed by atoms with Gasteiger partial charge >= 0.3 is 0 Å². The average Bonchev–Trinajstić information content (AvgIpc) is 3.10. The molecule has 2 aromatic carbocycles. The molecule has 1 fully saturated rings. The monoisotopic (exact) mass is 480 g/mol. The van der Waals surface area contributed by atoms with E-state index in [-0.39, 0.29) is 23.7 Å². The SMILES string of the molecule is CCOc1cc(/C(O)=C2/C(=O)C(=O)N(CCc3ccc(F)cc3)C2c2ccncc2)ccc1Cl. The van der Waals surface area contributed by atoms with Gasteiger partial charge in [-0.3, -0.25) is 14.6 Å². The molecule has 0 aliphatic carbocycles. The number of halogens is 2. The number of hydrogen-bond donors (Lipinski definition) is 1. The number of nitrogens with zero attached hydrogens (tertiary/aromatic N) is 2. The summed E-state index contributed by atoms with van der Waals surface area (Å²) in [6.07, 6.45) is 3.53. The van der Waals surface area contributed by atoms with Gasteiger partial charge in [0.2, 0.25) is 0 Å². The molecule has 174 valence electrons. The quantitative estimate of drug-likeness (QED) is 0.294. The molecule has 0 radical (unpaired) electrons. The van der Waals surface area contributed by atoms with Crippen molar-refractivity contribution in [1.29, 1.82) is 0 Å². The largest absolute Gasteiger partial charge is 0.507 e. The lowest BCUT2D eigenvalue weighted by Crippen LogP contribution is -2.31. The number of carbonyl (C=O) groups is 2. The van der Waals surface area contributed by atoms with Crippen LogP contribution < -0.4 is 4.74 Å². The number of benzene rings is 2. The minimum Gasteiger partial charge on any atom is -0.507 e. The lowest BCUT2D eigenvalue weighted by molar-refractivity contribution is -0.139. The third-order valence-electron chi connectivity index (χ3n) is 5.62. The van der Waals surface area contributed by atoms with Gasteiger partial charge in [-0.25, -0.2) is 4.39 Å². The van der Waals surface area contributed by atoms with Crippen molar-refractivity contribution >= 4 is 29.1 Å². The summed E-state index contributed by atoms with van der Waals surface area (Å²) in [5.74, 6) is -1.81. The number of pyridine rings is 1. The molecule has 0 saturated carbocycles. The van der Waals surface area contributed by atoms with Gasteiger partial charge in [-0.15, -0.1) is 0 Å². The first kappa shape index (κ1) is 23.4. The number of ether oxygens (including phenoxy) is 1. The summed E-state index contributed by atoms with van der Waals surface area (Å²) in [5, 5.41) is 11.5. The van der Waals surface area contributed by atoms with Gasteiger partial charge in [-0.2, -0.15) is 0 Å². The number of amides is 1. The Kier molecular flexibility index (Phi) is 6.93. The van der Waals surface area contributed by atoms with Crippen LogP contribution in [0.3, 0.4) is 0 Å². The van der Waals surface area contributed by atoms with Gasteiger partial charge in [-0.1, -0.05) is 23.7 Å². The Labute approximate surface area is 201 Å².